The number of rotatable bonds is 3. The zero-order valence-corrected chi connectivity index (χ0v) is 19.2. The van der Waals surface area contributed by atoms with Gasteiger partial charge in [0.15, 0.2) is 17.8 Å². The van der Waals surface area contributed by atoms with E-state index in [0.717, 1.165) is 22.5 Å². The molecule has 1 aromatic heterocycles. The predicted octanol–water partition coefficient (Wildman–Crippen LogP) is 1.80. The number of nitrogens with two attached hydrogens (primary N) is 2. The quantitative estimate of drug-likeness (QED) is 0.252. The summed E-state index contributed by atoms with van der Waals surface area (Å²) in [6.07, 6.45) is -0.886. The Morgan fingerprint density at radius 2 is 1.83 bits per heavy atom. The van der Waals surface area contributed by atoms with Gasteiger partial charge in [-0.1, -0.05) is 48.5 Å². The van der Waals surface area contributed by atoms with E-state index in [1.807, 2.05) is 59.5 Å². The Morgan fingerprint density at radius 3 is 2.54 bits per heavy atom. The first-order valence-corrected chi connectivity index (χ1v) is 11.0. The largest absolute Gasteiger partial charge is 0.425 e. The molecule has 1 unspecified atom stereocenters. The number of benzene rings is 2. The van der Waals surface area contributed by atoms with Crippen LogP contribution in [-0.4, -0.2) is 55.0 Å². The van der Waals surface area contributed by atoms with Crippen LogP contribution in [0.3, 0.4) is 0 Å². The summed E-state index contributed by atoms with van der Waals surface area (Å²) in [7, 11) is 0. The van der Waals surface area contributed by atoms with E-state index in [1.54, 1.807) is 6.92 Å². The van der Waals surface area contributed by atoms with E-state index in [9.17, 15) is 4.79 Å². The third kappa shape index (κ3) is 5.54. The molecule has 1 amide bonds. The molecule has 182 valence electrons. The smallest absolute Gasteiger partial charge is 0.263 e. The molecule has 0 radical (unpaired) electrons. The second-order valence-corrected chi connectivity index (χ2v) is 7.76. The van der Waals surface area contributed by atoms with E-state index in [1.165, 1.54) is 0 Å². The molecule has 1 atom stereocenters. The van der Waals surface area contributed by atoms with Crippen molar-refractivity contribution in [3.05, 3.63) is 77.3 Å². The minimum atomic E-state index is -0.886. The number of nitrogens with one attached hydrogen (secondary N) is 2. The number of fused-ring (bicyclic) bond motifs is 1. The number of anilines is 2. The summed E-state index contributed by atoms with van der Waals surface area (Å²) < 4.78 is 10.7. The monoisotopic (exact) mass is 477 g/mol. The molecule has 5 rings (SSSR count). The average Bonchev–Trinajstić information content (AvgIpc) is 3.24. The number of para-hydroxylation sites is 1. The number of benzodiazepines with no additional fused rings is 1. The molecule has 11 nitrogen and oxygen atoms in total. The molecule has 0 bridgehead atoms. The summed E-state index contributed by atoms with van der Waals surface area (Å²) in [5.74, 6) is 5.48. The van der Waals surface area contributed by atoms with Crippen molar-refractivity contribution in [2.75, 3.05) is 36.5 Å². The third-order valence-corrected chi connectivity index (χ3v) is 5.37. The van der Waals surface area contributed by atoms with Gasteiger partial charge in [0.25, 0.3) is 11.8 Å². The zero-order chi connectivity index (χ0) is 24.8. The molecule has 3 heterocycles. The highest BCUT2D eigenvalue weighted by Crippen LogP contribution is 2.24. The number of carbonyl (C=O) groups is 1. The lowest BCUT2D eigenvalue weighted by atomic mass is 10.0. The van der Waals surface area contributed by atoms with E-state index in [0.29, 0.717) is 43.8 Å². The average molecular weight is 478 g/mol. The fraction of sp³-hybridized carbons (Fsp3) is 0.250. The number of aliphatic imine (C=N–C) groups is 1. The number of hydrogen-bond donors (Lipinski definition) is 4. The van der Waals surface area contributed by atoms with Crippen molar-refractivity contribution >= 4 is 29.1 Å². The molecule has 3 aromatic rings. The highest BCUT2D eigenvalue weighted by Gasteiger charge is 2.24. The van der Waals surface area contributed by atoms with E-state index < -0.39 is 6.17 Å². The Kier molecular flexibility index (Phi) is 7.51. The first-order valence-electron chi connectivity index (χ1n) is 11.0. The van der Waals surface area contributed by atoms with Crippen molar-refractivity contribution in [3.63, 3.8) is 0 Å². The molecule has 2 aliphatic rings. The molecule has 11 heteroatoms. The maximum absolute atomic E-state index is 11.8. The lowest BCUT2D eigenvalue weighted by Gasteiger charge is -2.26. The number of hydrogen-bond acceptors (Lipinski definition) is 10. The van der Waals surface area contributed by atoms with E-state index >= 15 is 0 Å². The molecule has 1 saturated heterocycles. The van der Waals surface area contributed by atoms with Gasteiger partial charge in [0, 0.05) is 31.1 Å². The minimum absolute atomic E-state index is 0.196. The maximum atomic E-state index is 11.8. The minimum Gasteiger partial charge on any atom is -0.425 e. The van der Waals surface area contributed by atoms with Crippen molar-refractivity contribution < 1.29 is 18.8 Å². The number of carbonyl (C=O) groups excluding carboxylic acids is 1. The topological polar surface area (TPSA) is 165 Å². The molecule has 0 aliphatic carbocycles. The molecule has 1 fully saturated rings. The lowest BCUT2D eigenvalue weighted by molar-refractivity contribution is -0.117. The van der Waals surface area contributed by atoms with Gasteiger partial charge in [-0.15, -0.1) is 0 Å². The van der Waals surface area contributed by atoms with Gasteiger partial charge in [-0.2, -0.15) is 5.90 Å². The highest BCUT2D eigenvalue weighted by atomic mass is 16.6. The number of amides is 1. The summed E-state index contributed by atoms with van der Waals surface area (Å²) >= 11 is 0. The van der Waals surface area contributed by atoms with Gasteiger partial charge in [-0.3, -0.25) is 15.2 Å². The van der Waals surface area contributed by atoms with Crippen LogP contribution in [0.1, 0.15) is 22.7 Å². The van der Waals surface area contributed by atoms with Gasteiger partial charge in [0.1, 0.15) is 0 Å². The first kappa shape index (κ1) is 24.1. The normalized spacial score (nSPS) is 17.2. The van der Waals surface area contributed by atoms with Crippen LogP contribution in [0.15, 0.2) is 64.0 Å². The number of ether oxygens (including phenoxy) is 1. The maximum Gasteiger partial charge on any atom is 0.263 e. The van der Waals surface area contributed by atoms with Crippen molar-refractivity contribution in [1.29, 1.82) is 5.41 Å². The van der Waals surface area contributed by atoms with Crippen LogP contribution in [0, 0.1) is 12.3 Å². The van der Waals surface area contributed by atoms with Crippen LogP contribution in [0.2, 0.25) is 0 Å². The Balaban J connectivity index is 0.000000168. The van der Waals surface area contributed by atoms with Crippen molar-refractivity contribution in [2.45, 2.75) is 13.1 Å². The van der Waals surface area contributed by atoms with Crippen LogP contribution in [0.4, 0.5) is 11.6 Å². The molecule has 6 N–H and O–H groups in total. The Hall–Kier alpha value is -4.06. The van der Waals surface area contributed by atoms with Gasteiger partial charge >= 0.3 is 0 Å². The standard InChI is InChI=1S/C15H13N3O.C9H14N4O3/c16-14-15(19)17-12-9-5-4-8-11(12)13(18-14)10-6-2-1-3-7-10;1-6-12-7(8(10)16-11)9(15-6)13-2-4-14-5-3-13/h1-9,14H,16H2,(H,17,19);10H,2-5,11H2,1H3. The number of nitrogens with zero attached hydrogens (tertiary/aromatic N) is 3. The van der Waals surface area contributed by atoms with Gasteiger partial charge in [-0.25, -0.2) is 4.98 Å². The summed E-state index contributed by atoms with van der Waals surface area (Å²) in [6, 6.07) is 17.3. The van der Waals surface area contributed by atoms with Crippen molar-refractivity contribution in [3.8, 4) is 0 Å². The highest BCUT2D eigenvalue weighted by molar-refractivity contribution is 6.19. The van der Waals surface area contributed by atoms with Crippen LogP contribution in [-0.2, 0) is 14.4 Å². The SMILES string of the molecule is Cc1nc(C(=N)ON)c(N2CCOCC2)o1.NC1N=C(c2ccccc2)c2ccccc2NC1=O. The van der Waals surface area contributed by atoms with Crippen molar-refractivity contribution in [2.24, 2.45) is 16.6 Å². The summed E-state index contributed by atoms with van der Waals surface area (Å²) in [5.41, 5.74) is 9.43. The van der Waals surface area contributed by atoms with Crippen LogP contribution < -0.4 is 21.8 Å². The van der Waals surface area contributed by atoms with Gasteiger partial charge in [-0.05, 0) is 6.07 Å². The van der Waals surface area contributed by atoms with Gasteiger partial charge in [0.2, 0.25) is 5.88 Å². The van der Waals surface area contributed by atoms with E-state index in [2.05, 4.69) is 20.1 Å². The Morgan fingerprint density at radius 1 is 1.14 bits per heavy atom. The molecular formula is C24H27N7O4. The van der Waals surface area contributed by atoms with Crippen LogP contribution in [0.25, 0.3) is 0 Å². The molecule has 35 heavy (non-hydrogen) atoms. The van der Waals surface area contributed by atoms with Gasteiger partial charge < -0.3 is 29.9 Å². The zero-order valence-electron chi connectivity index (χ0n) is 19.2. The number of oxazole rings is 1. The van der Waals surface area contributed by atoms with Gasteiger partial charge in [0.05, 0.1) is 24.6 Å². The molecule has 0 saturated carbocycles. The molecule has 2 aliphatic heterocycles. The van der Waals surface area contributed by atoms with E-state index in [4.69, 9.17) is 26.2 Å². The Bertz CT molecular complexity index is 1220. The van der Waals surface area contributed by atoms with E-state index in [-0.39, 0.29) is 11.8 Å². The fourth-order valence-electron chi connectivity index (χ4n) is 3.70. The van der Waals surface area contributed by atoms with Crippen LogP contribution in [0.5, 0.6) is 0 Å². The molecule has 0 spiro atoms. The summed E-state index contributed by atoms with van der Waals surface area (Å²) in [5, 5.41) is 10.3. The van der Waals surface area contributed by atoms with Crippen molar-refractivity contribution in [1.82, 2.24) is 4.98 Å². The summed E-state index contributed by atoms with van der Waals surface area (Å²) in [4.78, 5) is 26.6. The fourth-order valence-corrected chi connectivity index (χ4v) is 3.70. The molecule has 2 aromatic carbocycles. The summed E-state index contributed by atoms with van der Waals surface area (Å²) in [6.45, 7) is 4.40. The first-order chi connectivity index (χ1) is 17.0. The second kappa shape index (κ2) is 10.9. The van der Waals surface area contributed by atoms with Crippen LogP contribution >= 0.6 is 0 Å². The third-order valence-electron chi connectivity index (χ3n) is 5.37. The lowest BCUT2D eigenvalue weighted by Crippen LogP contribution is -2.37. The molecular weight excluding hydrogens is 450 g/mol. The predicted molar refractivity (Wildman–Crippen MR) is 132 cm³/mol. The number of morpholine rings is 1. The Labute approximate surface area is 202 Å². The second-order valence-electron chi connectivity index (χ2n) is 7.76. The number of aromatic nitrogens is 1. The number of aryl methyl sites for hydroxylation is 1.